The van der Waals surface area contributed by atoms with Gasteiger partial charge < -0.3 is 5.11 Å². The van der Waals surface area contributed by atoms with Crippen molar-refractivity contribution in [3.63, 3.8) is 0 Å². The van der Waals surface area contributed by atoms with E-state index in [4.69, 9.17) is 5.11 Å². The van der Waals surface area contributed by atoms with Crippen molar-refractivity contribution in [2.24, 2.45) is 0 Å². The van der Waals surface area contributed by atoms with Crippen LogP contribution in [0.1, 0.15) is 36.7 Å². The lowest BCUT2D eigenvalue weighted by atomic mass is 9.87. The molecule has 0 atom stereocenters. The Morgan fingerprint density at radius 2 is 1.35 bits per heavy atom. The number of hydrogen-bond acceptors (Lipinski definition) is 2. The summed E-state index contributed by atoms with van der Waals surface area (Å²) in [6.45, 7) is 6.58. The van der Waals surface area contributed by atoms with E-state index in [-0.39, 0.29) is 5.41 Å². The quantitative estimate of drug-likeness (QED) is 0.877. The molecule has 2 aromatic carbocycles. The summed E-state index contributed by atoms with van der Waals surface area (Å²) in [7, 11) is 0. The number of carbonyl (C=O) groups is 1. The highest BCUT2D eigenvalue weighted by Gasteiger charge is 2.12. The van der Waals surface area contributed by atoms with Crippen molar-refractivity contribution in [1.29, 1.82) is 0 Å². The zero-order valence-corrected chi connectivity index (χ0v) is 12.7. The van der Waals surface area contributed by atoms with Crippen LogP contribution in [0.5, 0.6) is 0 Å². The van der Waals surface area contributed by atoms with Crippen LogP contribution >= 0.6 is 11.8 Å². The van der Waals surface area contributed by atoms with Gasteiger partial charge in [0.05, 0.1) is 5.56 Å². The van der Waals surface area contributed by atoms with Gasteiger partial charge in [0.2, 0.25) is 0 Å². The first-order valence-corrected chi connectivity index (χ1v) is 7.30. The predicted octanol–water partition coefficient (Wildman–Crippen LogP) is 4.83. The second-order valence-corrected chi connectivity index (χ2v) is 6.85. The Balaban J connectivity index is 2.12. The molecule has 0 saturated heterocycles. The lowest BCUT2D eigenvalue weighted by Gasteiger charge is -2.19. The van der Waals surface area contributed by atoms with Gasteiger partial charge in [-0.3, -0.25) is 0 Å². The van der Waals surface area contributed by atoms with E-state index in [0.29, 0.717) is 5.56 Å². The zero-order valence-electron chi connectivity index (χ0n) is 11.9. The summed E-state index contributed by atoms with van der Waals surface area (Å²) >= 11 is 1.63. The molecule has 1 N–H and O–H groups in total. The fourth-order valence-electron chi connectivity index (χ4n) is 1.82. The summed E-state index contributed by atoms with van der Waals surface area (Å²) in [6.07, 6.45) is 0. The minimum Gasteiger partial charge on any atom is -0.478 e. The van der Waals surface area contributed by atoms with Crippen LogP contribution in [-0.2, 0) is 5.41 Å². The van der Waals surface area contributed by atoms with Crippen LogP contribution in [0.2, 0.25) is 0 Å². The van der Waals surface area contributed by atoms with Gasteiger partial charge >= 0.3 is 5.97 Å². The van der Waals surface area contributed by atoms with E-state index in [2.05, 4.69) is 45.0 Å². The normalized spacial score (nSPS) is 11.3. The van der Waals surface area contributed by atoms with E-state index in [1.807, 2.05) is 12.1 Å². The molecule has 0 heterocycles. The third-order valence-corrected chi connectivity index (χ3v) is 4.07. The Hall–Kier alpha value is -1.74. The summed E-state index contributed by atoms with van der Waals surface area (Å²) < 4.78 is 0. The Labute approximate surface area is 123 Å². The number of aromatic carboxylic acids is 1. The third kappa shape index (κ3) is 3.64. The highest BCUT2D eigenvalue weighted by atomic mass is 32.2. The Bertz CT molecular complexity index is 592. The molecule has 0 aromatic heterocycles. The molecule has 0 spiro atoms. The zero-order chi connectivity index (χ0) is 14.8. The summed E-state index contributed by atoms with van der Waals surface area (Å²) in [5.74, 6) is -0.893. The van der Waals surface area contributed by atoms with Crippen molar-refractivity contribution < 1.29 is 9.90 Å². The molecule has 0 aliphatic heterocycles. The molecule has 104 valence electrons. The minimum atomic E-state index is -0.893. The predicted molar refractivity (Wildman–Crippen MR) is 82.7 cm³/mol. The van der Waals surface area contributed by atoms with Gasteiger partial charge in [-0.15, -0.1) is 0 Å². The molecule has 0 unspecified atom stereocenters. The van der Waals surface area contributed by atoms with Gasteiger partial charge in [0.1, 0.15) is 0 Å². The maximum atomic E-state index is 10.8. The maximum absolute atomic E-state index is 10.8. The van der Waals surface area contributed by atoms with E-state index in [1.165, 1.54) is 5.56 Å². The summed E-state index contributed by atoms with van der Waals surface area (Å²) in [5.41, 5.74) is 1.78. The van der Waals surface area contributed by atoms with Gasteiger partial charge in [-0.05, 0) is 47.4 Å². The van der Waals surface area contributed by atoms with Crippen molar-refractivity contribution in [1.82, 2.24) is 0 Å². The van der Waals surface area contributed by atoms with Crippen LogP contribution in [0.3, 0.4) is 0 Å². The number of benzene rings is 2. The minimum absolute atomic E-state index is 0.159. The number of carboxylic acids is 1. The molecule has 2 rings (SSSR count). The van der Waals surface area contributed by atoms with E-state index in [0.717, 1.165) is 9.79 Å². The molecule has 2 aromatic rings. The Kier molecular flexibility index (Phi) is 4.19. The summed E-state index contributed by atoms with van der Waals surface area (Å²) in [5, 5.41) is 8.87. The largest absolute Gasteiger partial charge is 0.478 e. The van der Waals surface area contributed by atoms with Gasteiger partial charge in [0.25, 0.3) is 0 Å². The molecule has 2 nitrogen and oxygen atoms in total. The molecule has 0 amide bonds. The molecular weight excluding hydrogens is 268 g/mol. The van der Waals surface area contributed by atoms with Crippen LogP contribution in [0.4, 0.5) is 0 Å². The Morgan fingerprint density at radius 3 is 1.75 bits per heavy atom. The smallest absolute Gasteiger partial charge is 0.335 e. The lowest BCUT2D eigenvalue weighted by molar-refractivity contribution is 0.0697. The highest BCUT2D eigenvalue weighted by molar-refractivity contribution is 7.99. The van der Waals surface area contributed by atoms with E-state index in [1.54, 1.807) is 23.9 Å². The number of rotatable bonds is 3. The van der Waals surface area contributed by atoms with Gasteiger partial charge in [0, 0.05) is 9.79 Å². The summed E-state index contributed by atoms with van der Waals surface area (Å²) in [4.78, 5) is 13.0. The highest BCUT2D eigenvalue weighted by Crippen LogP contribution is 2.30. The first kappa shape index (κ1) is 14.7. The van der Waals surface area contributed by atoms with Crippen molar-refractivity contribution in [2.75, 3.05) is 0 Å². The Morgan fingerprint density at radius 1 is 0.900 bits per heavy atom. The topological polar surface area (TPSA) is 37.3 Å². The lowest BCUT2D eigenvalue weighted by Crippen LogP contribution is -2.10. The second-order valence-electron chi connectivity index (χ2n) is 5.71. The maximum Gasteiger partial charge on any atom is 0.335 e. The van der Waals surface area contributed by atoms with Gasteiger partial charge in [-0.1, -0.05) is 44.7 Å². The second kappa shape index (κ2) is 5.71. The van der Waals surface area contributed by atoms with Gasteiger partial charge in [-0.2, -0.15) is 0 Å². The van der Waals surface area contributed by atoms with E-state index in [9.17, 15) is 4.79 Å². The SMILES string of the molecule is CC(C)(C)c1ccc(Sc2ccc(C(=O)O)cc2)cc1. The monoisotopic (exact) mass is 286 g/mol. The van der Waals surface area contributed by atoms with E-state index >= 15 is 0 Å². The molecule has 20 heavy (non-hydrogen) atoms. The van der Waals surface area contributed by atoms with Crippen molar-refractivity contribution >= 4 is 17.7 Å². The molecule has 0 radical (unpaired) electrons. The number of carboxylic acid groups (broad SMARTS) is 1. The van der Waals surface area contributed by atoms with Crippen molar-refractivity contribution in [3.05, 3.63) is 59.7 Å². The molecule has 0 fully saturated rings. The van der Waals surface area contributed by atoms with Crippen molar-refractivity contribution in [2.45, 2.75) is 36.0 Å². The van der Waals surface area contributed by atoms with Gasteiger partial charge in [-0.25, -0.2) is 4.79 Å². The van der Waals surface area contributed by atoms with Gasteiger partial charge in [0.15, 0.2) is 0 Å². The molecule has 0 aliphatic rings. The molecule has 0 saturated carbocycles. The first-order chi connectivity index (χ1) is 9.36. The first-order valence-electron chi connectivity index (χ1n) is 6.48. The average Bonchev–Trinajstić information content (AvgIpc) is 2.39. The van der Waals surface area contributed by atoms with Crippen LogP contribution in [0.25, 0.3) is 0 Å². The molecule has 0 bridgehead atoms. The molecular formula is C17H18O2S. The van der Waals surface area contributed by atoms with Crippen molar-refractivity contribution in [3.8, 4) is 0 Å². The van der Waals surface area contributed by atoms with Crippen LogP contribution in [0, 0.1) is 0 Å². The standard InChI is InChI=1S/C17H18O2S/c1-17(2,3)13-6-10-15(11-7-13)20-14-8-4-12(5-9-14)16(18)19/h4-11H,1-3H3,(H,18,19). The van der Waals surface area contributed by atoms with Crippen LogP contribution in [-0.4, -0.2) is 11.1 Å². The molecule has 3 heteroatoms. The molecule has 0 aliphatic carbocycles. The summed E-state index contributed by atoms with van der Waals surface area (Å²) in [6, 6.07) is 15.5. The van der Waals surface area contributed by atoms with E-state index < -0.39 is 5.97 Å². The van der Waals surface area contributed by atoms with Crippen LogP contribution < -0.4 is 0 Å². The number of hydrogen-bond donors (Lipinski definition) is 1. The van der Waals surface area contributed by atoms with Crippen LogP contribution in [0.15, 0.2) is 58.3 Å². The average molecular weight is 286 g/mol. The fraction of sp³-hybridized carbons (Fsp3) is 0.235. The fourth-order valence-corrected chi connectivity index (χ4v) is 2.64. The third-order valence-electron chi connectivity index (χ3n) is 3.06.